The summed E-state index contributed by atoms with van der Waals surface area (Å²) >= 11 is 5.08. The maximum atomic E-state index is 12.4. The molecule has 0 bridgehead atoms. The van der Waals surface area contributed by atoms with Gasteiger partial charge >= 0.3 is 0 Å². The largest absolute Gasteiger partial charge is 0.355 e. The minimum atomic E-state index is -0.0154. The SMILES string of the molecule is Cc1nc2c3ccc(Br)cc3nn2c(C)c1CC(=O)NCCc1nccs1. The van der Waals surface area contributed by atoms with Crippen LogP contribution < -0.4 is 5.32 Å². The highest BCUT2D eigenvalue weighted by Gasteiger charge is 2.16. The van der Waals surface area contributed by atoms with Gasteiger partial charge in [0.15, 0.2) is 5.65 Å². The van der Waals surface area contributed by atoms with Gasteiger partial charge in [-0.1, -0.05) is 15.9 Å². The monoisotopic (exact) mass is 443 g/mol. The van der Waals surface area contributed by atoms with E-state index in [0.29, 0.717) is 13.0 Å². The predicted molar refractivity (Wildman–Crippen MR) is 110 cm³/mol. The second kappa shape index (κ2) is 7.36. The molecule has 0 saturated carbocycles. The fraction of sp³-hybridized carbons (Fsp3) is 0.263. The molecule has 0 radical (unpaired) electrons. The molecular formula is C19H18BrN5OS. The lowest BCUT2D eigenvalue weighted by Gasteiger charge is -2.11. The Kier molecular flexibility index (Phi) is 4.92. The van der Waals surface area contributed by atoms with Crippen molar-refractivity contribution in [1.29, 1.82) is 0 Å². The second-order valence-electron chi connectivity index (χ2n) is 6.36. The zero-order valence-corrected chi connectivity index (χ0v) is 17.4. The lowest BCUT2D eigenvalue weighted by Crippen LogP contribution is -2.28. The van der Waals surface area contributed by atoms with E-state index in [1.807, 2.05) is 41.9 Å². The molecule has 1 N–H and O–H groups in total. The molecule has 4 aromatic rings. The van der Waals surface area contributed by atoms with Gasteiger partial charge in [0, 0.05) is 51.4 Å². The van der Waals surface area contributed by atoms with Crippen LogP contribution in [0.4, 0.5) is 0 Å². The van der Waals surface area contributed by atoms with E-state index < -0.39 is 0 Å². The quantitative estimate of drug-likeness (QED) is 0.511. The number of thiazole rings is 1. The van der Waals surface area contributed by atoms with E-state index in [2.05, 4.69) is 31.3 Å². The number of halogens is 1. The van der Waals surface area contributed by atoms with Crippen LogP contribution in [0.2, 0.25) is 0 Å². The Bertz CT molecular complexity index is 1140. The van der Waals surface area contributed by atoms with Gasteiger partial charge in [-0.15, -0.1) is 11.3 Å². The second-order valence-corrected chi connectivity index (χ2v) is 8.26. The number of nitrogens with zero attached hydrogens (tertiary/aromatic N) is 4. The zero-order chi connectivity index (χ0) is 19.0. The van der Waals surface area contributed by atoms with Crippen LogP contribution in [0, 0.1) is 13.8 Å². The molecule has 0 aliphatic carbocycles. The van der Waals surface area contributed by atoms with E-state index in [1.54, 1.807) is 17.5 Å². The molecule has 27 heavy (non-hydrogen) atoms. The Hall–Kier alpha value is -2.32. The molecule has 1 aromatic carbocycles. The lowest BCUT2D eigenvalue weighted by atomic mass is 10.1. The molecule has 0 aliphatic rings. The van der Waals surface area contributed by atoms with E-state index in [0.717, 1.165) is 49.4 Å². The van der Waals surface area contributed by atoms with Gasteiger partial charge in [0.2, 0.25) is 5.91 Å². The van der Waals surface area contributed by atoms with Crippen molar-refractivity contribution in [2.24, 2.45) is 0 Å². The number of rotatable bonds is 5. The number of nitrogens with one attached hydrogen (secondary N) is 1. The number of benzene rings is 1. The third-order valence-corrected chi connectivity index (χ3v) is 5.89. The molecule has 3 heterocycles. The van der Waals surface area contributed by atoms with Crippen LogP contribution in [-0.4, -0.2) is 32.0 Å². The van der Waals surface area contributed by atoms with Crippen molar-refractivity contribution in [3.8, 4) is 0 Å². The van der Waals surface area contributed by atoms with Crippen LogP contribution in [-0.2, 0) is 17.6 Å². The Morgan fingerprint density at radius 3 is 2.96 bits per heavy atom. The van der Waals surface area contributed by atoms with Crippen LogP contribution in [0.3, 0.4) is 0 Å². The van der Waals surface area contributed by atoms with E-state index in [9.17, 15) is 4.79 Å². The number of fused-ring (bicyclic) bond motifs is 3. The number of aromatic nitrogens is 4. The van der Waals surface area contributed by atoms with E-state index in [4.69, 9.17) is 4.98 Å². The summed E-state index contributed by atoms with van der Waals surface area (Å²) in [5, 5.41) is 11.6. The highest BCUT2D eigenvalue weighted by atomic mass is 79.9. The fourth-order valence-corrected chi connectivity index (χ4v) is 4.14. The number of hydrogen-bond donors (Lipinski definition) is 1. The summed E-state index contributed by atoms with van der Waals surface area (Å²) in [6.07, 6.45) is 2.82. The smallest absolute Gasteiger partial charge is 0.224 e. The van der Waals surface area contributed by atoms with Gasteiger partial charge in [-0.3, -0.25) is 4.79 Å². The average molecular weight is 444 g/mol. The van der Waals surface area contributed by atoms with Crippen molar-refractivity contribution < 1.29 is 4.79 Å². The molecule has 138 valence electrons. The van der Waals surface area contributed by atoms with Crippen molar-refractivity contribution in [3.63, 3.8) is 0 Å². The summed E-state index contributed by atoms with van der Waals surface area (Å²) in [6, 6.07) is 5.97. The third-order valence-electron chi connectivity index (χ3n) is 4.56. The van der Waals surface area contributed by atoms with Gasteiger partial charge in [-0.05, 0) is 32.0 Å². The molecule has 1 amide bonds. The first-order chi connectivity index (χ1) is 13.0. The summed E-state index contributed by atoms with van der Waals surface area (Å²) in [7, 11) is 0. The molecule has 0 fully saturated rings. The molecular weight excluding hydrogens is 426 g/mol. The van der Waals surface area contributed by atoms with Crippen LogP contribution in [0.25, 0.3) is 16.6 Å². The maximum Gasteiger partial charge on any atom is 0.224 e. The molecule has 3 aromatic heterocycles. The van der Waals surface area contributed by atoms with Crippen LogP contribution in [0.5, 0.6) is 0 Å². The Labute approximate surface area is 168 Å². The van der Waals surface area contributed by atoms with E-state index >= 15 is 0 Å². The summed E-state index contributed by atoms with van der Waals surface area (Å²) in [5.74, 6) is -0.0154. The third kappa shape index (κ3) is 3.59. The van der Waals surface area contributed by atoms with Gasteiger partial charge in [-0.2, -0.15) is 5.10 Å². The first-order valence-electron chi connectivity index (χ1n) is 8.62. The van der Waals surface area contributed by atoms with Gasteiger partial charge in [0.05, 0.1) is 16.9 Å². The molecule has 0 atom stereocenters. The van der Waals surface area contributed by atoms with Crippen molar-refractivity contribution in [3.05, 3.63) is 56.2 Å². The van der Waals surface area contributed by atoms with Crippen molar-refractivity contribution in [2.45, 2.75) is 26.7 Å². The van der Waals surface area contributed by atoms with Crippen molar-refractivity contribution >= 4 is 49.7 Å². The summed E-state index contributed by atoms with van der Waals surface area (Å²) in [5.41, 5.74) is 4.42. The number of hydrogen-bond acceptors (Lipinski definition) is 5. The molecule has 8 heteroatoms. The Balaban J connectivity index is 1.57. The standard InChI is InChI=1S/C19H18BrN5OS/c1-11-15(10-17(26)21-6-5-18-22-7-8-27-18)12(2)25-19(23-11)14-4-3-13(20)9-16(14)24-25/h3-4,7-9H,5-6,10H2,1-2H3,(H,21,26). The van der Waals surface area contributed by atoms with Crippen LogP contribution in [0.1, 0.15) is 22.0 Å². The van der Waals surface area contributed by atoms with Gasteiger partial charge in [0.25, 0.3) is 0 Å². The molecule has 6 nitrogen and oxygen atoms in total. The molecule has 0 saturated heterocycles. The Morgan fingerprint density at radius 1 is 1.33 bits per heavy atom. The van der Waals surface area contributed by atoms with E-state index in [-0.39, 0.29) is 5.91 Å². The fourth-order valence-electron chi connectivity index (χ4n) is 3.17. The predicted octanol–water partition coefficient (Wildman–Crippen LogP) is 3.62. The van der Waals surface area contributed by atoms with Gasteiger partial charge < -0.3 is 5.32 Å². The highest BCUT2D eigenvalue weighted by Crippen LogP contribution is 2.25. The number of aryl methyl sites for hydroxylation is 2. The summed E-state index contributed by atoms with van der Waals surface area (Å²) < 4.78 is 2.81. The first-order valence-corrected chi connectivity index (χ1v) is 10.3. The molecule has 0 spiro atoms. The molecule has 4 rings (SSSR count). The van der Waals surface area contributed by atoms with Crippen molar-refractivity contribution in [1.82, 2.24) is 24.9 Å². The van der Waals surface area contributed by atoms with Gasteiger partial charge in [-0.25, -0.2) is 14.5 Å². The van der Waals surface area contributed by atoms with Gasteiger partial charge in [0.1, 0.15) is 0 Å². The van der Waals surface area contributed by atoms with Crippen LogP contribution in [0.15, 0.2) is 34.2 Å². The van der Waals surface area contributed by atoms with Crippen LogP contribution >= 0.6 is 27.3 Å². The normalized spacial score (nSPS) is 11.4. The minimum absolute atomic E-state index is 0.0154. The molecule has 0 unspecified atom stereocenters. The lowest BCUT2D eigenvalue weighted by molar-refractivity contribution is -0.120. The summed E-state index contributed by atoms with van der Waals surface area (Å²) in [6.45, 7) is 4.52. The number of amides is 1. The zero-order valence-electron chi connectivity index (χ0n) is 15.0. The van der Waals surface area contributed by atoms with Crippen molar-refractivity contribution in [2.75, 3.05) is 6.54 Å². The Morgan fingerprint density at radius 2 is 2.19 bits per heavy atom. The number of carbonyl (C=O) groups excluding carboxylic acids is 1. The highest BCUT2D eigenvalue weighted by molar-refractivity contribution is 9.10. The first kappa shape index (κ1) is 18.1. The minimum Gasteiger partial charge on any atom is -0.355 e. The molecule has 0 aliphatic heterocycles. The number of carbonyl (C=O) groups is 1. The maximum absolute atomic E-state index is 12.4. The topological polar surface area (TPSA) is 72.2 Å². The van der Waals surface area contributed by atoms with E-state index in [1.165, 1.54) is 0 Å². The summed E-state index contributed by atoms with van der Waals surface area (Å²) in [4.78, 5) is 21.4. The average Bonchev–Trinajstić information content (AvgIpc) is 3.26.